The number of benzene rings is 2. The first kappa shape index (κ1) is 24.3. The Balaban J connectivity index is 1.73. The molecule has 0 bridgehead atoms. The van der Waals surface area contributed by atoms with Crippen molar-refractivity contribution in [2.45, 2.75) is 20.3 Å². The van der Waals surface area contributed by atoms with Crippen LogP contribution in [0.15, 0.2) is 48.2 Å². The second-order valence-corrected chi connectivity index (χ2v) is 7.26. The third-order valence-corrected chi connectivity index (χ3v) is 4.87. The van der Waals surface area contributed by atoms with Gasteiger partial charge in [0.2, 0.25) is 5.91 Å². The Hall–Kier alpha value is -4.34. The lowest BCUT2D eigenvalue weighted by Crippen LogP contribution is -2.38. The molecule has 3 rings (SSSR count). The van der Waals surface area contributed by atoms with Crippen LogP contribution in [0.2, 0.25) is 0 Å². The van der Waals surface area contributed by atoms with Gasteiger partial charge in [0.25, 0.3) is 5.91 Å². The molecule has 178 valence electrons. The lowest BCUT2D eigenvalue weighted by atomic mass is 10.1. The SMILES string of the molecule is CCOc1cc(/C=C2/NC(=O)N(CC(=O)Nc3ccccc3CC)C2=O)ccc1OCC(=O)O. The maximum Gasteiger partial charge on any atom is 0.341 e. The second kappa shape index (κ2) is 11.0. The van der Waals surface area contributed by atoms with E-state index < -0.39 is 37.0 Å². The Labute approximate surface area is 196 Å². The summed E-state index contributed by atoms with van der Waals surface area (Å²) in [6.45, 7) is 3.06. The minimum Gasteiger partial charge on any atom is -0.490 e. The summed E-state index contributed by atoms with van der Waals surface area (Å²) in [5, 5.41) is 14.0. The maximum atomic E-state index is 12.8. The zero-order chi connectivity index (χ0) is 24.7. The van der Waals surface area contributed by atoms with E-state index in [0.717, 1.165) is 16.9 Å². The van der Waals surface area contributed by atoms with Gasteiger partial charge >= 0.3 is 12.0 Å². The van der Waals surface area contributed by atoms with Crippen molar-refractivity contribution in [1.82, 2.24) is 10.2 Å². The van der Waals surface area contributed by atoms with Gasteiger partial charge < -0.3 is 25.2 Å². The molecule has 10 heteroatoms. The Morgan fingerprint density at radius 1 is 1.09 bits per heavy atom. The predicted octanol–water partition coefficient (Wildman–Crippen LogP) is 2.64. The second-order valence-electron chi connectivity index (χ2n) is 7.26. The van der Waals surface area contributed by atoms with Crippen molar-refractivity contribution in [2.24, 2.45) is 0 Å². The molecule has 1 aliphatic rings. The Morgan fingerprint density at radius 2 is 1.85 bits per heavy atom. The lowest BCUT2D eigenvalue weighted by molar-refractivity contribution is -0.139. The molecule has 1 saturated heterocycles. The van der Waals surface area contributed by atoms with E-state index in [2.05, 4.69) is 10.6 Å². The number of carboxylic acids is 1. The molecule has 0 saturated carbocycles. The van der Waals surface area contributed by atoms with E-state index in [1.54, 1.807) is 31.2 Å². The molecule has 2 aromatic rings. The maximum absolute atomic E-state index is 12.8. The van der Waals surface area contributed by atoms with E-state index in [0.29, 0.717) is 23.6 Å². The van der Waals surface area contributed by atoms with Gasteiger partial charge in [-0.15, -0.1) is 0 Å². The highest BCUT2D eigenvalue weighted by molar-refractivity contribution is 6.16. The number of carboxylic acid groups (broad SMARTS) is 1. The normalized spacial score (nSPS) is 14.2. The van der Waals surface area contributed by atoms with Crippen molar-refractivity contribution >= 4 is 35.6 Å². The Morgan fingerprint density at radius 3 is 2.56 bits per heavy atom. The number of amides is 4. The minimum atomic E-state index is -1.13. The molecule has 1 heterocycles. The Kier molecular flexibility index (Phi) is 7.86. The van der Waals surface area contributed by atoms with Crippen LogP contribution in [0.5, 0.6) is 11.5 Å². The summed E-state index contributed by atoms with van der Waals surface area (Å²) in [6, 6.07) is 11.3. The number of aliphatic carboxylic acids is 1. The van der Waals surface area contributed by atoms with Crippen LogP contribution in [0.3, 0.4) is 0 Å². The topological polar surface area (TPSA) is 134 Å². The number of rotatable bonds is 10. The summed E-state index contributed by atoms with van der Waals surface area (Å²) in [5.74, 6) is -1.74. The number of imide groups is 1. The van der Waals surface area contributed by atoms with Gasteiger partial charge in [0.05, 0.1) is 6.61 Å². The summed E-state index contributed by atoms with van der Waals surface area (Å²) < 4.78 is 10.7. The molecule has 34 heavy (non-hydrogen) atoms. The predicted molar refractivity (Wildman–Crippen MR) is 123 cm³/mol. The number of anilines is 1. The molecule has 1 fully saturated rings. The molecule has 1 aliphatic heterocycles. The van der Waals surface area contributed by atoms with Crippen LogP contribution < -0.4 is 20.1 Å². The van der Waals surface area contributed by atoms with Crippen molar-refractivity contribution in [2.75, 3.05) is 25.1 Å². The smallest absolute Gasteiger partial charge is 0.341 e. The van der Waals surface area contributed by atoms with Gasteiger partial charge in [0.15, 0.2) is 18.1 Å². The number of ether oxygens (including phenoxy) is 2. The van der Waals surface area contributed by atoms with E-state index in [4.69, 9.17) is 14.6 Å². The number of hydrogen-bond donors (Lipinski definition) is 3. The molecular formula is C24H25N3O7. The highest BCUT2D eigenvalue weighted by Crippen LogP contribution is 2.29. The van der Waals surface area contributed by atoms with Gasteiger partial charge in [-0.1, -0.05) is 31.2 Å². The third kappa shape index (κ3) is 5.91. The molecule has 0 aliphatic carbocycles. The van der Waals surface area contributed by atoms with E-state index in [-0.39, 0.29) is 11.4 Å². The minimum absolute atomic E-state index is 0.00610. The van der Waals surface area contributed by atoms with Crippen LogP contribution in [0, 0.1) is 0 Å². The lowest BCUT2D eigenvalue weighted by Gasteiger charge is -2.13. The van der Waals surface area contributed by atoms with E-state index >= 15 is 0 Å². The summed E-state index contributed by atoms with van der Waals surface area (Å²) in [5.41, 5.74) is 2.08. The average molecular weight is 467 g/mol. The summed E-state index contributed by atoms with van der Waals surface area (Å²) in [7, 11) is 0. The number of urea groups is 1. The van der Waals surface area contributed by atoms with Crippen LogP contribution in [-0.2, 0) is 20.8 Å². The first-order valence-corrected chi connectivity index (χ1v) is 10.7. The molecule has 4 amide bonds. The fourth-order valence-electron chi connectivity index (χ4n) is 3.31. The van der Waals surface area contributed by atoms with Crippen LogP contribution in [0.4, 0.5) is 10.5 Å². The Bertz CT molecular complexity index is 1140. The molecule has 0 spiro atoms. The highest BCUT2D eigenvalue weighted by atomic mass is 16.5. The molecule has 2 aromatic carbocycles. The number of carbonyl (C=O) groups excluding carboxylic acids is 3. The fourth-order valence-corrected chi connectivity index (χ4v) is 3.31. The first-order valence-electron chi connectivity index (χ1n) is 10.7. The van der Waals surface area contributed by atoms with Crippen molar-refractivity contribution < 1.29 is 33.8 Å². The van der Waals surface area contributed by atoms with Crippen molar-refractivity contribution in [3.05, 3.63) is 59.3 Å². The van der Waals surface area contributed by atoms with Crippen molar-refractivity contribution in [3.8, 4) is 11.5 Å². The first-order chi connectivity index (χ1) is 16.3. The average Bonchev–Trinajstić information content (AvgIpc) is 3.06. The van der Waals surface area contributed by atoms with Gasteiger partial charge in [-0.2, -0.15) is 0 Å². The van der Waals surface area contributed by atoms with Crippen LogP contribution in [-0.4, -0.2) is 53.6 Å². The highest BCUT2D eigenvalue weighted by Gasteiger charge is 2.35. The molecule has 0 atom stereocenters. The van der Waals surface area contributed by atoms with Crippen molar-refractivity contribution in [3.63, 3.8) is 0 Å². The largest absolute Gasteiger partial charge is 0.490 e. The van der Waals surface area contributed by atoms with Gasteiger partial charge in [-0.05, 0) is 48.7 Å². The van der Waals surface area contributed by atoms with Gasteiger partial charge in [-0.3, -0.25) is 9.59 Å². The number of para-hydroxylation sites is 1. The number of nitrogens with zero attached hydrogens (tertiary/aromatic N) is 1. The number of nitrogens with one attached hydrogen (secondary N) is 2. The van der Waals surface area contributed by atoms with E-state index in [1.165, 1.54) is 12.1 Å². The van der Waals surface area contributed by atoms with Gasteiger partial charge in [0, 0.05) is 5.69 Å². The summed E-state index contributed by atoms with van der Waals surface area (Å²) >= 11 is 0. The molecular weight excluding hydrogens is 442 g/mol. The standard InChI is InChI=1S/C24H25N3O7/c1-3-16-7-5-6-8-17(16)25-21(28)13-27-23(31)18(26-24(27)32)11-15-9-10-19(34-14-22(29)30)20(12-15)33-4-2/h5-12H,3-4,13-14H2,1-2H3,(H,25,28)(H,26,32)(H,29,30)/b18-11+. The summed E-state index contributed by atoms with van der Waals surface area (Å²) in [6.07, 6.45) is 2.16. The van der Waals surface area contributed by atoms with E-state index in [9.17, 15) is 19.2 Å². The number of hydrogen-bond acceptors (Lipinski definition) is 6. The zero-order valence-electron chi connectivity index (χ0n) is 18.8. The molecule has 0 radical (unpaired) electrons. The molecule has 10 nitrogen and oxygen atoms in total. The van der Waals surface area contributed by atoms with Crippen LogP contribution in [0.1, 0.15) is 25.0 Å². The molecule has 0 unspecified atom stereocenters. The monoisotopic (exact) mass is 467 g/mol. The van der Waals surface area contributed by atoms with Crippen LogP contribution >= 0.6 is 0 Å². The molecule has 0 aromatic heterocycles. The molecule has 3 N–H and O–H groups in total. The fraction of sp³-hybridized carbons (Fsp3) is 0.250. The number of aryl methyl sites for hydroxylation is 1. The van der Waals surface area contributed by atoms with Crippen molar-refractivity contribution in [1.29, 1.82) is 0 Å². The van der Waals surface area contributed by atoms with E-state index in [1.807, 2.05) is 19.1 Å². The quantitative estimate of drug-likeness (QED) is 0.361. The summed E-state index contributed by atoms with van der Waals surface area (Å²) in [4.78, 5) is 49.2. The zero-order valence-corrected chi connectivity index (χ0v) is 18.8. The number of carbonyl (C=O) groups is 4. The van der Waals surface area contributed by atoms with Gasteiger partial charge in [0.1, 0.15) is 12.2 Å². The van der Waals surface area contributed by atoms with Crippen LogP contribution in [0.25, 0.3) is 6.08 Å². The van der Waals surface area contributed by atoms with Gasteiger partial charge in [-0.25, -0.2) is 14.5 Å². The third-order valence-electron chi connectivity index (χ3n) is 4.87.